The molecule has 0 saturated heterocycles. The molecule has 42 heavy (non-hydrogen) atoms. The molecule has 5 rings (SSSR count). The molecule has 1 aliphatic carbocycles. The van der Waals surface area contributed by atoms with Crippen molar-refractivity contribution in [3.63, 3.8) is 0 Å². The Morgan fingerprint density at radius 1 is 0.952 bits per heavy atom. The van der Waals surface area contributed by atoms with Crippen molar-refractivity contribution in [3.05, 3.63) is 93.5 Å². The number of benzene rings is 3. The summed E-state index contributed by atoms with van der Waals surface area (Å²) < 4.78 is 11.1. The van der Waals surface area contributed by atoms with E-state index in [2.05, 4.69) is 6.07 Å². The van der Waals surface area contributed by atoms with Gasteiger partial charge in [0.15, 0.2) is 0 Å². The van der Waals surface area contributed by atoms with Crippen molar-refractivity contribution < 1.29 is 19.1 Å². The Kier molecular flexibility index (Phi) is 8.86. The van der Waals surface area contributed by atoms with Crippen molar-refractivity contribution in [1.29, 1.82) is 0 Å². The normalized spacial score (nSPS) is 15.4. The lowest BCUT2D eigenvalue weighted by Gasteiger charge is -2.34. The van der Waals surface area contributed by atoms with Gasteiger partial charge in [-0.3, -0.25) is 4.79 Å². The molecule has 1 fully saturated rings. The molecule has 8 heteroatoms. The third-order valence-electron chi connectivity index (χ3n) is 7.49. The summed E-state index contributed by atoms with van der Waals surface area (Å²) in [5, 5.41) is 0.914. The van der Waals surface area contributed by atoms with E-state index in [1.165, 1.54) is 0 Å². The first-order chi connectivity index (χ1) is 20.0. The molecule has 6 nitrogen and oxygen atoms in total. The molecule has 1 heterocycles. The predicted octanol–water partition coefficient (Wildman–Crippen LogP) is 8.25. The summed E-state index contributed by atoms with van der Waals surface area (Å²) >= 11 is 12.8. The van der Waals surface area contributed by atoms with E-state index in [9.17, 15) is 9.59 Å². The van der Waals surface area contributed by atoms with Gasteiger partial charge in [0.1, 0.15) is 11.4 Å². The van der Waals surface area contributed by atoms with Crippen LogP contribution in [0.4, 0.5) is 4.79 Å². The van der Waals surface area contributed by atoms with Crippen LogP contribution in [0.5, 0.6) is 5.75 Å². The summed E-state index contributed by atoms with van der Waals surface area (Å²) in [6.45, 7) is 6.49. The lowest BCUT2D eigenvalue weighted by Crippen LogP contribution is -2.44. The van der Waals surface area contributed by atoms with Gasteiger partial charge in [-0.15, -0.1) is 0 Å². The van der Waals surface area contributed by atoms with Crippen molar-refractivity contribution in [2.75, 3.05) is 20.2 Å². The zero-order valence-corrected chi connectivity index (χ0v) is 26.0. The number of methoxy groups -OCH3 is 1. The Bertz CT molecular complexity index is 1520. The van der Waals surface area contributed by atoms with Crippen LogP contribution in [0.25, 0.3) is 16.7 Å². The topological polar surface area (TPSA) is 59.1 Å². The lowest BCUT2D eigenvalue weighted by molar-refractivity contribution is -0.128. The number of rotatable bonds is 7. The van der Waals surface area contributed by atoms with Crippen molar-refractivity contribution in [1.82, 2.24) is 9.80 Å². The number of hydrogen-bond acceptors (Lipinski definition) is 4. The van der Waals surface area contributed by atoms with Gasteiger partial charge in [-0.1, -0.05) is 65.7 Å². The molecule has 0 aromatic heterocycles. The fourth-order valence-electron chi connectivity index (χ4n) is 5.23. The molecule has 0 spiro atoms. The Balaban J connectivity index is 1.54. The number of ether oxygens (including phenoxy) is 2. The van der Waals surface area contributed by atoms with Gasteiger partial charge in [0, 0.05) is 24.7 Å². The summed E-state index contributed by atoms with van der Waals surface area (Å²) in [7, 11) is 1.65. The first kappa shape index (κ1) is 30.0. The molecule has 0 N–H and O–H groups in total. The molecular formula is C34H36Cl2N2O4. The van der Waals surface area contributed by atoms with Gasteiger partial charge in [-0.05, 0) is 92.1 Å². The molecule has 1 aliphatic heterocycles. The van der Waals surface area contributed by atoms with Crippen LogP contribution in [0.2, 0.25) is 10.0 Å². The van der Waals surface area contributed by atoms with E-state index in [0.29, 0.717) is 35.1 Å². The summed E-state index contributed by atoms with van der Waals surface area (Å²) in [4.78, 5) is 31.1. The van der Waals surface area contributed by atoms with E-state index < -0.39 is 11.7 Å². The average molecular weight is 608 g/mol. The van der Waals surface area contributed by atoms with Gasteiger partial charge in [-0.2, -0.15) is 0 Å². The van der Waals surface area contributed by atoms with E-state index in [4.69, 9.17) is 32.7 Å². The van der Waals surface area contributed by atoms with Crippen LogP contribution in [-0.2, 0) is 16.1 Å². The quantitative estimate of drug-likeness (QED) is 0.271. The SMILES string of the molecule is COc1cccc(-c2cccc(C3=C(C(=O)N(Cc4cccc(Cl)c4Cl)C4CC4)CN(C(=O)OC(C)(C)C)CC3)c2)c1. The molecule has 0 bridgehead atoms. The van der Waals surface area contributed by atoms with E-state index in [0.717, 1.165) is 46.4 Å². The minimum Gasteiger partial charge on any atom is -0.497 e. The van der Waals surface area contributed by atoms with Crippen LogP contribution in [0.1, 0.15) is 51.2 Å². The maximum Gasteiger partial charge on any atom is 0.410 e. The first-order valence-corrected chi connectivity index (χ1v) is 15.0. The van der Waals surface area contributed by atoms with Crippen LogP contribution < -0.4 is 4.74 Å². The maximum atomic E-state index is 14.5. The van der Waals surface area contributed by atoms with Gasteiger partial charge in [0.05, 0.1) is 23.7 Å². The van der Waals surface area contributed by atoms with Crippen LogP contribution in [0.15, 0.2) is 72.3 Å². The van der Waals surface area contributed by atoms with Crippen LogP contribution >= 0.6 is 23.2 Å². The lowest BCUT2D eigenvalue weighted by atomic mass is 9.90. The molecular weight excluding hydrogens is 571 g/mol. The van der Waals surface area contributed by atoms with E-state index in [1.807, 2.05) is 80.3 Å². The highest BCUT2D eigenvalue weighted by Gasteiger charge is 2.38. The molecule has 0 unspecified atom stereocenters. The average Bonchev–Trinajstić information content (AvgIpc) is 3.82. The Morgan fingerprint density at radius 3 is 2.31 bits per heavy atom. The molecule has 3 aromatic rings. The third-order valence-corrected chi connectivity index (χ3v) is 8.35. The fourth-order valence-corrected chi connectivity index (χ4v) is 5.61. The highest BCUT2D eigenvalue weighted by atomic mass is 35.5. The zero-order valence-electron chi connectivity index (χ0n) is 24.5. The largest absolute Gasteiger partial charge is 0.497 e. The Morgan fingerprint density at radius 2 is 1.62 bits per heavy atom. The van der Waals surface area contributed by atoms with Crippen LogP contribution in [0, 0.1) is 0 Å². The molecule has 1 saturated carbocycles. The second-order valence-electron chi connectivity index (χ2n) is 11.8. The summed E-state index contributed by atoms with van der Waals surface area (Å²) in [6, 6.07) is 21.7. The smallest absolute Gasteiger partial charge is 0.410 e. The Hall–Kier alpha value is -3.48. The Labute approximate surface area is 257 Å². The first-order valence-electron chi connectivity index (χ1n) is 14.2. The highest BCUT2D eigenvalue weighted by molar-refractivity contribution is 6.42. The van der Waals surface area contributed by atoms with Gasteiger partial charge < -0.3 is 19.3 Å². The zero-order chi connectivity index (χ0) is 30.0. The third kappa shape index (κ3) is 6.93. The molecule has 2 aliphatic rings. The standard InChI is InChI=1S/C34H36Cl2N2O4/c1-34(2,3)42-33(40)37-17-16-28(24-10-5-8-22(18-24)23-9-6-12-27(19-23)41-4)29(21-37)32(39)38(26-14-15-26)20-25-11-7-13-30(35)31(25)36/h5-13,18-19,26H,14-17,20-21H2,1-4H3. The summed E-state index contributed by atoms with van der Waals surface area (Å²) in [5.74, 6) is 0.682. The van der Waals surface area contributed by atoms with E-state index >= 15 is 0 Å². The van der Waals surface area contributed by atoms with Gasteiger partial charge in [0.25, 0.3) is 5.91 Å². The number of carbonyl (C=O) groups excluding carboxylic acids is 2. The fraction of sp³-hybridized carbons (Fsp3) is 0.353. The number of nitrogens with zero attached hydrogens (tertiary/aromatic N) is 2. The number of carbonyl (C=O) groups is 2. The van der Waals surface area contributed by atoms with E-state index in [1.54, 1.807) is 18.1 Å². The number of hydrogen-bond donors (Lipinski definition) is 0. The van der Waals surface area contributed by atoms with Crippen molar-refractivity contribution in [2.24, 2.45) is 0 Å². The highest BCUT2D eigenvalue weighted by Crippen LogP contribution is 2.37. The summed E-state index contributed by atoms with van der Waals surface area (Å²) in [5.41, 5.74) is 4.69. The molecule has 0 atom stereocenters. The molecule has 2 amide bonds. The number of amides is 2. The van der Waals surface area contributed by atoms with Crippen molar-refractivity contribution in [2.45, 2.75) is 58.2 Å². The molecule has 3 aromatic carbocycles. The van der Waals surface area contributed by atoms with Crippen molar-refractivity contribution >= 4 is 40.8 Å². The maximum absolute atomic E-state index is 14.5. The van der Waals surface area contributed by atoms with Crippen LogP contribution in [-0.4, -0.2) is 53.6 Å². The van der Waals surface area contributed by atoms with Crippen molar-refractivity contribution in [3.8, 4) is 16.9 Å². The molecule has 0 radical (unpaired) electrons. The summed E-state index contributed by atoms with van der Waals surface area (Å²) in [6.07, 6.45) is 1.95. The minimum atomic E-state index is -0.639. The van der Waals surface area contributed by atoms with Gasteiger partial charge in [-0.25, -0.2) is 4.79 Å². The van der Waals surface area contributed by atoms with Crippen LogP contribution in [0.3, 0.4) is 0 Å². The monoisotopic (exact) mass is 606 g/mol. The van der Waals surface area contributed by atoms with Gasteiger partial charge >= 0.3 is 6.09 Å². The molecule has 220 valence electrons. The predicted molar refractivity (Wildman–Crippen MR) is 168 cm³/mol. The second kappa shape index (κ2) is 12.4. The number of halogens is 2. The second-order valence-corrected chi connectivity index (χ2v) is 12.6. The minimum absolute atomic E-state index is 0.0939. The van der Waals surface area contributed by atoms with Gasteiger partial charge in [0.2, 0.25) is 0 Å². The van der Waals surface area contributed by atoms with E-state index in [-0.39, 0.29) is 18.5 Å².